The van der Waals surface area contributed by atoms with E-state index in [9.17, 15) is 18.4 Å². The van der Waals surface area contributed by atoms with Gasteiger partial charge < -0.3 is 18.9 Å². The number of esters is 2. The molecule has 2 aliphatic rings. The SMILES string of the molecule is CCCCC(F)(F)CCC[C@@H]1[C@@H](CCCCCCC(=O)OC)[C@@H](OC(C)=O)C[C@H]1OC1CCCCO1. The molecule has 36 heavy (non-hydrogen) atoms. The molecule has 1 saturated carbocycles. The van der Waals surface area contributed by atoms with Crippen LogP contribution in [0.15, 0.2) is 0 Å². The van der Waals surface area contributed by atoms with Gasteiger partial charge in [-0.2, -0.15) is 0 Å². The molecule has 2 rings (SSSR count). The maximum Gasteiger partial charge on any atom is 0.305 e. The van der Waals surface area contributed by atoms with Crippen molar-refractivity contribution in [3.8, 4) is 0 Å². The van der Waals surface area contributed by atoms with Crippen molar-refractivity contribution < 1.29 is 37.3 Å². The van der Waals surface area contributed by atoms with Crippen LogP contribution in [0.25, 0.3) is 0 Å². The van der Waals surface area contributed by atoms with Crippen LogP contribution in [0.3, 0.4) is 0 Å². The topological polar surface area (TPSA) is 71.1 Å². The van der Waals surface area contributed by atoms with Crippen LogP contribution in [-0.4, -0.2) is 50.1 Å². The zero-order valence-electron chi connectivity index (χ0n) is 22.6. The molecule has 0 aromatic carbocycles. The molecule has 8 heteroatoms. The fraction of sp³-hybridized carbons (Fsp3) is 0.929. The van der Waals surface area contributed by atoms with E-state index in [0.717, 1.165) is 57.8 Å². The van der Waals surface area contributed by atoms with Crippen molar-refractivity contribution in [3.63, 3.8) is 0 Å². The van der Waals surface area contributed by atoms with Gasteiger partial charge in [-0.25, -0.2) is 8.78 Å². The predicted octanol–water partition coefficient (Wildman–Crippen LogP) is 6.98. The molecule has 0 amide bonds. The molecule has 210 valence electrons. The van der Waals surface area contributed by atoms with Gasteiger partial charge in [0, 0.05) is 45.1 Å². The van der Waals surface area contributed by atoms with Crippen LogP contribution in [-0.2, 0) is 28.5 Å². The molecule has 0 radical (unpaired) electrons. The highest BCUT2D eigenvalue weighted by atomic mass is 19.3. The van der Waals surface area contributed by atoms with Crippen LogP contribution in [0.2, 0.25) is 0 Å². The minimum absolute atomic E-state index is 0.0527. The van der Waals surface area contributed by atoms with E-state index in [4.69, 9.17) is 18.9 Å². The normalized spacial score (nSPS) is 26.6. The lowest BCUT2D eigenvalue weighted by molar-refractivity contribution is -0.197. The number of carbonyl (C=O) groups excluding carboxylic acids is 2. The third kappa shape index (κ3) is 11.4. The highest BCUT2D eigenvalue weighted by molar-refractivity contribution is 5.69. The number of methoxy groups -OCH3 is 1. The van der Waals surface area contributed by atoms with Gasteiger partial charge in [-0.3, -0.25) is 9.59 Å². The zero-order chi connectivity index (χ0) is 26.4. The second-order valence-corrected chi connectivity index (χ2v) is 10.6. The van der Waals surface area contributed by atoms with E-state index in [2.05, 4.69) is 0 Å². The van der Waals surface area contributed by atoms with Crippen LogP contribution < -0.4 is 0 Å². The van der Waals surface area contributed by atoms with Gasteiger partial charge in [0.15, 0.2) is 6.29 Å². The first-order valence-corrected chi connectivity index (χ1v) is 14.1. The summed E-state index contributed by atoms with van der Waals surface area (Å²) < 4.78 is 51.3. The molecule has 1 aliphatic heterocycles. The molecule has 0 bridgehead atoms. The van der Waals surface area contributed by atoms with E-state index in [1.165, 1.54) is 14.0 Å². The summed E-state index contributed by atoms with van der Waals surface area (Å²) in [6.07, 6.45) is 9.83. The molecule has 5 atom stereocenters. The fourth-order valence-electron chi connectivity index (χ4n) is 5.71. The Morgan fingerprint density at radius 3 is 2.31 bits per heavy atom. The summed E-state index contributed by atoms with van der Waals surface area (Å²) in [5.74, 6) is -3.02. The molecule has 6 nitrogen and oxygen atoms in total. The lowest BCUT2D eigenvalue weighted by Gasteiger charge is -2.31. The molecule has 2 fully saturated rings. The maximum atomic E-state index is 14.4. The molecule has 0 spiro atoms. The number of halogens is 2. The van der Waals surface area contributed by atoms with Gasteiger partial charge in [0.2, 0.25) is 5.92 Å². The number of carbonyl (C=O) groups is 2. The van der Waals surface area contributed by atoms with Crippen molar-refractivity contribution in [2.24, 2.45) is 11.8 Å². The van der Waals surface area contributed by atoms with Crippen LogP contribution in [0, 0.1) is 11.8 Å². The Morgan fingerprint density at radius 1 is 0.944 bits per heavy atom. The minimum Gasteiger partial charge on any atom is -0.469 e. The molecule has 0 aromatic rings. The summed E-state index contributed by atoms with van der Waals surface area (Å²) >= 11 is 0. The highest BCUT2D eigenvalue weighted by Crippen LogP contribution is 2.44. The zero-order valence-corrected chi connectivity index (χ0v) is 22.6. The Kier molecular flexibility index (Phi) is 14.2. The van der Waals surface area contributed by atoms with Crippen LogP contribution in [0.4, 0.5) is 8.78 Å². The van der Waals surface area contributed by atoms with Crippen molar-refractivity contribution in [1.82, 2.24) is 0 Å². The van der Waals surface area contributed by atoms with E-state index in [1.807, 2.05) is 6.92 Å². The number of alkyl halides is 2. The smallest absolute Gasteiger partial charge is 0.305 e. The Labute approximate surface area is 216 Å². The number of hydrogen-bond acceptors (Lipinski definition) is 6. The number of ether oxygens (including phenoxy) is 4. The highest BCUT2D eigenvalue weighted by Gasteiger charge is 2.46. The Hall–Kier alpha value is -1.28. The molecule has 1 unspecified atom stereocenters. The van der Waals surface area contributed by atoms with Crippen molar-refractivity contribution >= 4 is 11.9 Å². The quantitative estimate of drug-likeness (QED) is 0.153. The van der Waals surface area contributed by atoms with E-state index in [1.54, 1.807) is 0 Å². The first-order valence-electron chi connectivity index (χ1n) is 14.1. The first kappa shape index (κ1) is 30.9. The van der Waals surface area contributed by atoms with Crippen LogP contribution in [0.5, 0.6) is 0 Å². The van der Waals surface area contributed by atoms with Crippen LogP contribution >= 0.6 is 0 Å². The van der Waals surface area contributed by atoms with Gasteiger partial charge in [0.1, 0.15) is 6.10 Å². The Bertz CT molecular complexity index is 638. The first-order chi connectivity index (χ1) is 17.3. The summed E-state index contributed by atoms with van der Waals surface area (Å²) in [5.41, 5.74) is 0. The number of hydrogen-bond donors (Lipinski definition) is 0. The lowest BCUT2D eigenvalue weighted by atomic mass is 9.84. The molecule has 0 N–H and O–H groups in total. The van der Waals surface area contributed by atoms with E-state index < -0.39 is 5.92 Å². The summed E-state index contributed by atoms with van der Waals surface area (Å²) in [6, 6.07) is 0. The van der Waals surface area contributed by atoms with Gasteiger partial charge in [0.05, 0.1) is 13.2 Å². The summed E-state index contributed by atoms with van der Waals surface area (Å²) in [7, 11) is 1.40. The van der Waals surface area contributed by atoms with Crippen molar-refractivity contribution in [3.05, 3.63) is 0 Å². The third-order valence-corrected chi connectivity index (χ3v) is 7.62. The van der Waals surface area contributed by atoms with E-state index >= 15 is 0 Å². The minimum atomic E-state index is -2.64. The molecule has 1 aliphatic carbocycles. The van der Waals surface area contributed by atoms with Crippen molar-refractivity contribution in [1.29, 1.82) is 0 Å². The van der Waals surface area contributed by atoms with Crippen LogP contribution in [0.1, 0.15) is 117 Å². The fourth-order valence-corrected chi connectivity index (χ4v) is 5.71. The largest absolute Gasteiger partial charge is 0.469 e. The Morgan fingerprint density at radius 2 is 1.64 bits per heavy atom. The second kappa shape index (κ2) is 16.5. The Balaban J connectivity index is 2.01. The monoisotopic (exact) mass is 518 g/mol. The van der Waals surface area contributed by atoms with Gasteiger partial charge in [-0.05, 0) is 57.3 Å². The second-order valence-electron chi connectivity index (χ2n) is 10.6. The summed E-state index contributed by atoms with van der Waals surface area (Å²) in [5, 5.41) is 0. The summed E-state index contributed by atoms with van der Waals surface area (Å²) in [4.78, 5) is 23.2. The maximum absolute atomic E-state index is 14.4. The average Bonchev–Trinajstić information content (AvgIpc) is 3.15. The molecule has 1 saturated heterocycles. The lowest BCUT2D eigenvalue weighted by Crippen LogP contribution is -2.31. The van der Waals surface area contributed by atoms with Gasteiger partial charge in [0.25, 0.3) is 0 Å². The molecular formula is C28H48F2O6. The molecule has 1 heterocycles. The van der Waals surface area contributed by atoms with Gasteiger partial charge >= 0.3 is 11.9 Å². The standard InChI is InChI=1S/C28H48F2O6/c1-4-5-17-28(29,30)18-12-14-23-22(13-8-6-7-9-15-26(32)33-3)24(35-21(2)31)20-25(23)36-27-16-10-11-19-34-27/h22-25,27H,4-20H2,1-3H3/t22-,23-,24+,25-,27?/m1/s1. The van der Waals surface area contributed by atoms with Gasteiger partial charge in [-0.15, -0.1) is 0 Å². The third-order valence-electron chi connectivity index (χ3n) is 7.62. The molecule has 0 aromatic heterocycles. The summed E-state index contributed by atoms with van der Waals surface area (Å²) in [6.45, 7) is 4.03. The van der Waals surface area contributed by atoms with Gasteiger partial charge in [-0.1, -0.05) is 32.6 Å². The average molecular weight is 519 g/mol. The number of unbranched alkanes of at least 4 members (excludes halogenated alkanes) is 4. The molecular weight excluding hydrogens is 470 g/mol. The van der Waals surface area contributed by atoms with Crippen molar-refractivity contribution in [2.45, 2.75) is 141 Å². The predicted molar refractivity (Wildman–Crippen MR) is 134 cm³/mol. The van der Waals surface area contributed by atoms with Crippen molar-refractivity contribution in [2.75, 3.05) is 13.7 Å². The number of rotatable bonds is 17. The van der Waals surface area contributed by atoms with E-state index in [0.29, 0.717) is 38.7 Å². The van der Waals surface area contributed by atoms with E-state index in [-0.39, 0.29) is 55.1 Å².